The highest BCUT2D eigenvalue weighted by Gasteiger charge is 2.33. The number of nitrogens with zero attached hydrogens (tertiary/aromatic N) is 1. The summed E-state index contributed by atoms with van der Waals surface area (Å²) < 4.78 is 6.28. The van der Waals surface area contributed by atoms with E-state index in [1.54, 1.807) is 42.5 Å². The average Bonchev–Trinajstić information content (AvgIpc) is 3.27. The second kappa shape index (κ2) is 7.99. The molecule has 2 heterocycles. The largest absolute Gasteiger partial charge is 0.457 e. The van der Waals surface area contributed by atoms with Crippen molar-refractivity contribution in [1.29, 1.82) is 0 Å². The van der Waals surface area contributed by atoms with Crippen molar-refractivity contribution in [1.82, 2.24) is 0 Å². The van der Waals surface area contributed by atoms with Crippen molar-refractivity contribution in [3.8, 4) is 11.3 Å². The molecular weight excluding hydrogens is 426 g/mol. The van der Waals surface area contributed by atoms with Crippen molar-refractivity contribution >= 4 is 63.4 Å². The second-order valence-electron chi connectivity index (χ2n) is 6.33. The minimum Gasteiger partial charge on any atom is -0.457 e. The van der Waals surface area contributed by atoms with Crippen LogP contribution >= 0.6 is 35.6 Å². The molecule has 4 rings (SSSR count). The summed E-state index contributed by atoms with van der Waals surface area (Å²) in [6.07, 6.45) is 1.68. The van der Waals surface area contributed by atoms with E-state index in [1.807, 2.05) is 24.3 Å². The Hall–Kier alpha value is -2.67. The molecule has 0 unspecified atom stereocenters. The average molecular weight is 440 g/mol. The maximum Gasteiger partial charge on any atom is 0.270 e. The molecule has 1 aliphatic rings. The van der Waals surface area contributed by atoms with Gasteiger partial charge < -0.3 is 4.42 Å². The van der Waals surface area contributed by atoms with Crippen LogP contribution in [-0.2, 0) is 4.79 Å². The Balaban J connectivity index is 1.59. The summed E-state index contributed by atoms with van der Waals surface area (Å²) in [5.41, 5.74) is 2.06. The molecule has 1 fully saturated rings. The van der Waals surface area contributed by atoms with E-state index in [2.05, 4.69) is 0 Å². The summed E-state index contributed by atoms with van der Waals surface area (Å²) in [5, 5.41) is 0.622. The fourth-order valence-corrected chi connectivity index (χ4v) is 4.36. The predicted molar refractivity (Wildman–Crippen MR) is 121 cm³/mol. The van der Waals surface area contributed by atoms with Gasteiger partial charge in [-0.3, -0.25) is 14.5 Å². The van der Waals surface area contributed by atoms with E-state index in [4.69, 9.17) is 28.2 Å². The predicted octanol–water partition coefficient (Wildman–Crippen LogP) is 6.21. The van der Waals surface area contributed by atoms with Crippen LogP contribution in [0.3, 0.4) is 0 Å². The van der Waals surface area contributed by atoms with E-state index in [1.165, 1.54) is 23.6 Å². The van der Waals surface area contributed by atoms with Gasteiger partial charge in [0.25, 0.3) is 5.91 Å². The topological polar surface area (TPSA) is 50.5 Å². The summed E-state index contributed by atoms with van der Waals surface area (Å²) in [7, 11) is 0. The molecule has 4 nitrogen and oxygen atoms in total. The van der Waals surface area contributed by atoms with Gasteiger partial charge in [-0.25, -0.2) is 0 Å². The number of hydrogen-bond acceptors (Lipinski definition) is 5. The number of furan rings is 1. The van der Waals surface area contributed by atoms with Crippen LogP contribution < -0.4 is 4.90 Å². The van der Waals surface area contributed by atoms with E-state index in [-0.39, 0.29) is 11.7 Å². The third-order valence-corrected chi connectivity index (χ3v) is 5.87. The van der Waals surface area contributed by atoms with E-state index < -0.39 is 0 Å². The van der Waals surface area contributed by atoms with E-state index in [9.17, 15) is 9.59 Å². The molecule has 2 aromatic carbocycles. The van der Waals surface area contributed by atoms with Crippen molar-refractivity contribution in [2.45, 2.75) is 6.92 Å². The smallest absolute Gasteiger partial charge is 0.270 e. The molecule has 1 aliphatic heterocycles. The first-order valence-electron chi connectivity index (χ1n) is 8.67. The van der Waals surface area contributed by atoms with Gasteiger partial charge in [-0.2, -0.15) is 0 Å². The number of amides is 1. The van der Waals surface area contributed by atoms with Gasteiger partial charge in [-0.05, 0) is 55.5 Å². The molecule has 1 aromatic heterocycles. The van der Waals surface area contributed by atoms with Crippen LogP contribution in [-0.4, -0.2) is 16.0 Å². The van der Waals surface area contributed by atoms with E-state index >= 15 is 0 Å². The first-order chi connectivity index (χ1) is 13.9. The maximum absolute atomic E-state index is 12.9. The highest BCUT2D eigenvalue weighted by molar-refractivity contribution is 8.27. The zero-order valence-electron chi connectivity index (χ0n) is 15.2. The number of rotatable bonds is 4. The van der Waals surface area contributed by atoms with Crippen molar-refractivity contribution in [3.05, 3.63) is 81.9 Å². The Bertz CT molecular complexity index is 1160. The molecule has 29 heavy (non-hydrogen) atoms. The van der Waals surface area contributed by atoms with Gasteiger partial charge in [0.1, 0.15) is 11.5 Å². The van der Waals surface area contributed by atoms with Crippen molar-refractivity contribution in [2.75, 3.05) is 4.90 Å². The van der Waals surface area contributed by atoms with Gasteiger partial charge >= 0.3 is 0 Å². The molecule has 0 atom stereocenters. The zero-order valence-corrected chi connectivity index (χ0v) is 17.6. The lowest BCUT2D eigenvalue weighted by molar-refractivity contribution is -0.113. The molecule has 3 aromatic rings. The molecule has 0 saturated carbocycles. The van der Waals surface area contributed by atoms with Gasteiger partial charge in [0.2, 0.25) is 0 Å². The van der Waals surface area contributed by atoms with Crippen LogP contribution in [0.1, 0.15) is 23.0 Å². The van der Waals surface area contributed by atoms with Crippen LogP contribution in [0.2, 0.25) is 5.02 Å². The monoisotopic (exact) mass is 439 g/mol. The lowest BCUT2D eigenvalue weighted by Crippen LogP contribution is -2.27. The molecule has 1 saturated heterocycles. The second-order valence-corrected chi connectivity index (χ2v) is 8.44. The van der Waals surface area contributed by atoms with E-state index in [0.717, 1.165) is 5.56 Å². The normalized spacial score (nSPS) is 15.4. The van der Waals surface area contributed by atoms with Gasteiger partial charge in [0.05, 0.1) is 10.6 Å². The molecule has 1 amide bonds. The van der Waals surface area contributed by atoms with E-state index in [0.29, 0.717) is 37.0 Å². The number of carbonyl (C=O) groups excluding carboxylic acids is 2. The van der Waals surface area contributed by atoms with Crippen molar-refractivity contribution in [2.24, 2.45) is 0 Å². The molecule has 144 valence electrons. The zero-order chi connectivity index (χ0) is 20.5. The molecule has 7 heteroatoms. The lowest BCUT2D eigenvalue weighted by atomic mass is 10.1. The molecule has 0 N–H and O–H groups in total. The molecular formula is C22H14ClNO3S2. The quantitative estimate of drug-likeness (QED) is 0.275. The van der Waals surface area contributed by atoms with Gasteiger partial charge in [-0.1, -0.05) is 47.7 Å². The van der Waals surface area contributed by atoms with Crippen molar-refractivity contribution in [3.63, 3.8) is 0 Å². The number of ketones is 1. The number of thiocarbonyl (C=S) groups is 1. The van der Waals surface area contributed by atoms with Crippen LogP contribution in [0.15, 0.2) is 70.0 Å². The highest BCUT2D eigenvalue weighted by Crippen LogP contribution is 2.36. The first-order valence-corrected chi connectivity index (χ1v) is 10.3. The Morgan fingerprint density at radius 3 is 2.59 bits per heavy atom. The fraction of sp³-hybridized carbons (Fsp3) is 0.0455. The van der Waals surface area contributed by atoms with Crippen LogP contribution in [0.5, 0.6) is 0 Å². The summed E-state index contributed by atoms with van der Waals surface area (Å²) in [6, 6.07) is 17.8. The lowest BCUT2D eigenvalue weighted by Gasteiger charge is -2.14. The highest BCUT2D eigenvalue weighted by atomic mass is 35.5. The van der Waals surface area contributed by atoms with Crippen LogP contribution in [0, 0.1) is 0 Å². The minimum absolute atomic E-state index is 0.0323. The Kier molecular flexibility index (Phi) is 5.41. The summed E-state index contributed by atoms with van der Waals surface area (Å²) in [5.74, 6) is 0.952. The van der Waals surface area contributed by atoms with Gasteiger partial charge in [0, 0.05) is 22.2 Å². The number of hydrogen-bond donors (Lipinski definition) is 0. The molecule has 0 radical (unpaired) electrons. The Labute approximate surface area is 182 Å². The van der Waals surface area contributed by atoms with Gasteiger partial charge in [0.15, 0.2) is 10.1 Å². The Morgan fingerprint density at radius 2 is 1.90 bits per heavy atom. The third kappa shape index (κ3) is 4.05. The number of anilines is 1. The van der Waals surface area contributed by atoms with Gasteiger partial charge in [-0.15, -0.1) is 0 Å². The molecule has 0 aliphatic carbocycles. The maximum atomic E-state index is 12.9. The SMILES string of the molecule is CC(=O)c1ccc(N2C(=O)C(=Cc3ccc(-c4cccc(Cl)c4)o3)SC2=S)cc1. The van der Waals surface area contributed by atoms with Crippen LogP contribution in [0.25, 0.3) is 17.4 Å². The Morgan fingerprint density at radius 1 is 1.14 bits per heavy atom. The number of Topliss-reactive ketones (excluding diaryl/α,β-unsaturated/α-hetero) is 1. The standard InChI is InChI=1S/C22H14ClNO3S2/c1-13(25)14-5-7-17(8-6-14)24-21(26)20(29-22(24)28)12-18-9-10-19(27-18)15-3-2-4-16(23)11-15/h2-12H,1H3. The first kappa shape index (κ1) is 19.6. The summed E-state index contributed by atoms with van der Waals surface area (Å²) >= 11 is 12.6. The third-order valence-electron chi connectivity index (χ3n) is 4.34. The summed E-state index contributed by atoms with van der Waals surface area (Å²) in [4.78, 5) is 26.3. The number of halogens is 1. The number of carbonyl (C=O) groups is 2. The van der Waals surface area contributed by atoms with Crippen molar-refractivity contribution < 1.29 is 14.0 Å². The van der Waals surface area contributed by atoms with Crippen LogP contribution in [0.4, 0.5) is 5.69 Å². The fourth-order valence-electron chi connectivity index (χ4n) is 2.89. The number of thioether (sulfide) groups is 1. The minimum atomic E-state index is -0.226. The molecule has 0 spiro atoms. The number of benzene rings is 2. The summed E-state index contributed by atoms with van der Waals surface area (Å²) in [6.45, 7) is 1.50. The molecule has 0 bridgehead atoms.